The molecule has 2 aromatic rings. The van der Waals surface area contributed by atoms with Gasteiger partial charge in [-0.05, 0) is 6.07 Å². The van der Waals surface area contributed by atoms with Gasteiger partial charge in [0.1, 0.15) is 6.61 Å². The highest BCUT2D eigenvalue weighted by atomic mass is 19.4. The summed E-state index contributed by atoms with van der Waals surface area (Å²) in [7, 11) is 0. The van der Waals surface area contributed by atoms with E-state index in [1.54, 1.807) is 0 Å². The molecule has 0 bridgehead atoms. The number of nitrogens with two attached hydrogens (primary N) is 1. The molecule has 1 amide bonds. The second-order valence-corrected chi connectivity index (χ2v) is 4.83. The third-order valence-electron chi connectivity index (χ3n) is 2.69. The third kappa shape index (κ3) is 6.23. The molecule has 14 heteroatoms. The molecule has 0 aliphatic rings. The molecule has 0 aromatic carbocycles. The molecular weight excluding hydrogens is 388 g/mol. The number of carbonyl (C=O) groups is 1. The molecular formula is C13H9F6N5O3. The van der Waals surface area contributed by atoms with Crippen LogP contribution in [-0.4, -0.2) is 38.8 Å². The Morgan fingerprint density at radius 2 is 1.70 bits per heavy atom. The summed E-state index contributed by atoms with van der Waals surface area (Å²) >= 11 is 0. The van der Waals surface area contributed by atoms with E-state index in [2.05, 4.69) is 29.4 Å². The van der Waals surface area contributed by atoms with Gasteiger partial charge < -0.3 is 15.2 Å². The van der Waals surface area contributed by atoms with Gasteiger partial charge in [-0.25, -0.2) is 14.8 Å². The average molecular weight is 397 g/mol. The summed E-state index contributed by atoms with van der Waals surface area (Å²) in [5.41, 5.74) is 4.45. The second-order valence-electron chi connectivity index (χ2n) is 4.83. The van der Waals surface area contributed by atoms with E-state index < -0.39 is 43.5 Å². The number of ether oxygens (including phenoxy) is 2. The lowest BCUT2D eigenvalue weighted by Crippen LogP contribution is -2.20. The Morgan fingerprint density at radius 3 is 2.22 bits per heavy atom. The maximum Gasteiger partial charge on any atom is 0.451 e. The summed E-state index contributed by atoms with van der Waals surface area (Å²) in [6.45, 7) is -2.25. The number of aromatic nitrogens is 4. The second kappa shape index (κ2) is 7.59. The molecule has 8 nitrogen and oxygen atoms in total. The highest BCUT2D eigenvalue weighted by Crippen LogP contribution is 2.27. The van der Waals surface area contributed by atoms with Gasteiger partial charge in [0.25, 0.3) is 0 Å². The van der Waals surface area contributed by atoms with E-state index in [4.69, 9.17) is 5.73 Å². The van der Waals surface area contributed by atoms with Crippen molar-refractivity contribution in [2.45, 2.75) is 19.0 Å². The van der Waals surface area contributed by atoms with Gasteiger partial charge in [-0.1, -0.05) is 0 Å². The minimum atomic E-state index is -4.77. The summed E-state index contributed by atoms with van der Waals surface area (Å²) in [4.78, 5) is 24.2. The minimum absolute atomic E-state index is 0.0671. The lowest BCUT2D eigenvalue weighted by molar-refractivity contribution is -0.154. The van der Waals surface area contributed by atoms with Crippen molar-refractivity contribution in [1.82, 2.24) is 19.9 Å². The summed E-state index contributed by atoms with van der Waals surface area (Å²) in [6, 6.07) is 0.391. The molecule has 0 aliphatic carbocycles. The van der Waals surface area contributed by atoms with E-state index in [1.165, 1.54) is 0 Å². The van der Waals surface area contributed by atoms with Crippen LogP contribution in [0.3, 0.4) is 0 Å². The van der Waals surface area contributed by atoms with Crippen LogP contribution < -0.4 is 10.5 Å². The van der Waals surface area contributed by atoms with Crippen molar-refractivity contribution in [2.75, 3.05) is 6.61 Å². The van der Waals surface area contributed by atoms with Gasteiger partial charge >= 0.3 is 24.5 Å². The Balaban J connectivity index is 2.35. The predicted octanol–water partition coefficient (Wildman–Crippen LogP) is 2.49. The fourth-order valence-electron chi connectivity index (χ4n) is 1.66. The molecule has 2 N–H and O–H groups in total. The number of alkyl halides is 6. The Labute approximate surface area is 146 Å². The zero-order valence-electron chi connectivity index (χ0n) is 13.0. The first kappa shape index (κ1) is 20.1. The van der Waals surface area contributed by atoms with Gasteiger partial charge in [0.05, 0.1) is 11.4 Å². The zero-order chi connectivity index (χ0) is 20.2. The van der Waals surface area contributed by atoms with Gasteiger partial charge in [0.15, 0.2) is 6.61 Å². The first-order valence-electron chi connectivity index (χ1n) is 6.83. The molecule has 2 rings (SSSR count). The molecule has 0 aliphatic heterocycles. The minimum Gasteiger partial charge on any atom is -0.454 e. The zero-order valence-corrected chi connectivity index (χ0v) is 13.0. The molecule has 0 unspecified atom stereocenters. The predicted molar refractivity (Wildman–Crippen MR) is 74.0 cm³/mol. The quantitative estimate of drug-likeness (QED) is 0.771. The Hall–Kier alpha value is -3.19. The van der Waals surface area contributed by atoms with E-state index in [9.17, 15) is 31.1 Å². The molecule has 0 saturated carbocycles. The van der Waals surface area contributed by atoms with Crippen LogP contribution in [0, 0.1) is 0 Å². The van der Waals surface area contributed by atoms with E-state index in [-0.39, 0.29) is 17.0 Å². The normalized spacial score (nSPS) is 11.9. The number of amides is 1. The summed E-state index contributed by atoms with van der Waals surface area (Å²) in [5.74, 6) is -1.41. The van der Waals surface area contributed by atoms with Crippen molar-refractivity contribution in [3.8, 4) is 17.3 Å². The molecule has 0 atom stereocenters. The van der Waals surface area contributed by atoms with Crippen molar-refractivity contribution in [2.24, 2.45) is 5.73 Å². The van der Waals surface area contributed by atoms with Crippen LogP contribution in [0.4, 0.5) is 31.1 Å². The van der Waals surface area contributed by atoms with Crippen molar-refractivity contribution < 1.29 is 40.6 Å². The van der Waals surface area contributed by atoms with Crippen molar-refractivity contribution in [3.63, 3.8) is 0 Å². The topological polar surface area (TPSA) is 113 Å². The van der Waals surface area contributed by atoms with Crippen molar-refractivity contribution in [1.29, 1.82) is 0 Å². The average Bonchev–Trinajstić information content (AvgIpc) is 2.57. The van der Waals surface area contributed by atoms with Crippen LogP contribution >= 0.6 is 0 Å². The third-order valence-corrected chi connectivity index (χ3v) is 2.69. The maximum atomic E-state index is 12.5. The van der Waals surface area contributed by atoms with Crippen molar-refractivity contribution in [3.05, 3.63) is 30.0 Å². The first-order valence-corrected chi connectivity index (χ1v) is 6.83. The molecule has 0 spiro atoms. The number of primary amides is 1. The Morgan fingerprint density at radius 1 is 1.07 bits per heavy atom. The van der Waals surface area contributed by atoms with Crippen LogP contribution in [0.5, 0.6) is 6.01 Å². The number of halogens is 6. The van der Waals surface area contributed by atoms with Crippen LogP contribution in [0.15, 0.2) is 18.5 Å². The number of carbonyl (C=O) groups excluding carboxylic acids is 1. The summed E-state index contributed by atoms with van der Waals surface area (Å²) in [5, 5.41) is 0. The van der Waals surface area contributed by atoms with E-state index in [0.29, 0.717) is 0 Å². The Bertz CT molecular complexity index is 810. The van der Waals surface area contributed by atoms with E-state index >= 15 is 0 Å². The number of rotatable bonds is 5. The van der Waals surface area contributed by atoms with Gasteiger partial charge in [-0.2, -0.15) is 36.3 Å². The molecule has 0 fully saturated rings. The largest absolute Gasteiger partial charge is 0.454 e. The highest BCUT2D eigenvalue weighted by molar-refractivity contribution is 5.64. The maximum absolute atomic E-state index is 12.5. The summed E-state index contributed by atoms with van der Waals surface area (Å²) in [6.07, 6.45) is -9.09. The van der Waals surface area contributed by atoms with Crippen LogP contribution in [0.1, 0.15) is 11.5 Å². The van der Waals surface area contributed by atoms with E-state index in [0.717, 1.165) is 18.5 Å². The molecule has 0 saturated heterocycles. The molecule has 146 valence electrons. The number of hydrogen-bond acceptors (Lipinski definition) is 7. The van der Waals surface area contributed by atoms with Crippen molar-refractivity contribution >= 4 is 6.09 Å². The molecule has 2 heterocycles. The Kier molecular flexibility index (Phi) is 5.66. The lowest BCUT2D eigenvalue weighted by atomic mass is 10.2. The fraction of sp³-hybridized carbons (Fsp3) is 0.308. The van der Waals surface area contributed by atoms with Crippen LogP contribution in [0.2, 0.25) is 0 Å². The number of nitrogens with zero attached hydrogens (tertiary/aromatic N) is 4. The SMILES string of the molecule is NC(=O)OCc1cc(-c2cnc(C(F)(F)F)nc2)nc(OCC(F)(F)F)n1. The monoisotopic (exact) mass is 397 g/mol. The standard InChI is InChI=1S/C13H9F6N5O3/c14-12(15,16)5-27-11-23-7(4-26-10(20)25)1-8(24-11)6-2-21-9(22-3-6)13(17,18)19/h1-3H,4-5H2,(H2,20,25). The summed E-state index contributed by atoms with van der Waals surface area (Å²) < 4.78 is 83.2. The lowest BCUT2D eigenvalue weighted by Gasteiger charge is -2.11. The molecule has 27 heavy (non-hydrogen) atoms. The van der Waals surface area contributed by atoms with E-state index in [1.807, 2.05) is 0 Å². The molecule has 2 aromatic heterocycles. The van der Waals surface area contributed by atoms with Gasteiger partial charge in [-0.15, -0.1) is 0 Å². The fourth-order valence-corrected chi connectivity index (χ4v) is 1.66. The van der Waals surface area contributed by atoms with Crippen LogP contribution in [-0.2, 0) is 17.5 Å². The smallest absolute Gasteiger partial charge is 0.451 e. The van der Waals surface area contributed by atoms with Gasteiger partial charge in [-0.3, -0.25) is 0 Å². The highest BCUT2D eigenvalue weighted by Gasteiger charge is 2.34. The van der Waals surface area contributed by atoms with Gasteiger partial charge in [0.2, 0.25) is 5.82 Å². The first-order chi connectivity index (χ1) is 12.4. The van der Waals surface area contributed by atoms with Crippen LogP contribution in [0.25, 0.3) is 11.3 Å². The molecule has 0 radical (unpaired) electrons. The number of hydrogen-bond donors (Lipinski definition) is 1. The van der Waals surface area contributed by atoms with Gasteiger partial charge in [0, 0.05) is 18.0 Å².